The quantitative estimate of drug-likeness (QED) is 0.536. The molecular formula is C24H27ClN4O4S. The highest BCUT2D eigenvalue weighted by Crippen LogP contribution is 2.37. The Balaban J connectivity index is 1.36. The summed E-state index contributed by atoms with van der Waals surface area (Å²) in [5.41, 5.74) is 1.17. The Morgan fingerprint density at radius 1 is 1.26 bits per heavy atom. The van der Waals surface area contributed by atoms with Crippen molar-refractivity contribution >= 4 is 38.6 Å². The van der Waals surface area contributed by atoms with Crippen LogP contribution in [0.4, 0.5) is 4.79 Å². The van der Waals surface area contributed by atoms with E-state index in [4.69, 9.17) is 16.3 Å². The van der Waals surface area contributed by atoms with Gasteiger partial charge in [0.2, 0.25) is 10.0 Å². The topological polar surface area (TPSA) is 93.5 Å². The maximum Gasteiger partial charge on any atom is 0.410 e. The minimum absolute atomic E-state index is 0.0496. The number of hydrogen-bond donors (Lipinski definition) is 1. The smallest absolute Gasteiger partial charge is 0.410 e. The van der Waals surface area contributed by atoms with Crippen molar-refractivity contribution in [1.82, 2.24) is 19.4 Å². The first kappa shape index (κ1) is 23.1. The Bertz CT molecular complexity index is 1340. The van der Waals surface area contributed by atoms with Gasteiger partial charge in [-0.15, -0.1) is 0 Å². The number of carbonyl (C=O) groups excluding carboxylic acids is 1. The van der Waals surface area contributed by atoms with E-state index in [1.807, 2.05) is 44.2 Å². The van der Waals surface area contributed by atoms with Crippen molar-refractivity contribution < 1.29 is 17.9 Å². The Kier molecular flexibility index (Phi) is 5.82. The summed E-state index contributed by atoms with van der Waals surface area (Å²) < 4.78 is 36.0. The van der Waals surface area contributed by atoms with Gasteiger partial charge in [-0.3, -0.25) is 4.68 Å². The molecule has 2 fully saturated rings. The molecule has 8 nitrogen and oxygen atoms in total. The normalized spacial score (nSPS) is 21.7. The van der Waals surface area contributed by atoms with Crippen LogP contribution in [0.1, 0.15) is 44.7 Å². The van der Waals surface area contributed by atoms with Crippen LogP contribution >= 0.6 is 11.6 Å². The van der Waals surface area contributed by atoms with E-state index in [9.17, 15) is 13.2 Å². The lowest BCUT2D eigenvalue weighted by molar-refractivity contribution is 0.0935. The zero-order valence-corrected chi connectivity index (χ0v) is 20.6. The zero-order chi connectivity index (χ0) is 24.1. The van der Waals surface area contributed by atoms with Gasteiger partial charge in [0.25, 0.3) is 0 Å². The Labute approximate surface area is 203 Å². The molecule has 1 aliphatic carbocycles. The second kappa shape index (κ2) is 8.55. The number of benzene rings is 2. The minimum Gasteiger partial charge on any atom is -0.445 e. The van der Waals surface area contributed by atoms with Gasteiger partial charge in [-0.05, 0) is 50.8 Å². The first-order chi connectivity index (χ1) is 16.2. The van der Waals surface area contributed by atoms with Gasteiger partial charge in [0.05, 0.1) is 27.7 Å². The predicted molar refractivity (Wildman–Crippen MR) is 129 cm³/mol. The van der Waals surface area contributed by atoms with Gasteiger partial charge in [-0.25, -0.2) is 17.9 Å². The molecule has 1 saturated heterocycles. The van der Waals surface area contributed by atoms with Crippen LogP contribution in [-0.2, 0) is 21.4 Å². The van der Waals surface area contributed by atoms with E-state index in [1.165, 1.54) is 6.07 Å². The third-order valence-corrected chi connectivity index (χ3v) is 8.60. The molecule has 34 heavy (non-hydrogen) atoms. The largest absolute Gasteiger partial charge is 0.445 e. The molecule has 1 aromatic heterocycles. The summed E-state index contributed by atoms with van der Waals surface area (Å²) in [6.07, 6.45) is 3.57. The molecule has 2 aromatic carbocycles. The molecule has 2 atom stereocenters. The Morgan fingerprint density at radius 3 is 2.71 bits per heavy atom. The molecule has 0 unspecified atom stereocenters. The van der Waals surface area contributed by atoms with Crippen molar-refractivity contribution in [3.05, 3.63) is 59.2 Å². The summed E-state index contributed by atoms with van der Waals surface area (Å²) in [5.74, 6) is 0. The molecule has 10 heteroatoms. The van der Waals surface area contributed by atoms with E-state index in [0.717, 1.165) is 18.4 Å². The van der Waals surface area contributed by atoms with Crippen LogP contribution in [0.25, 0.3) is 10.9 Å². The molecule has 3 aromatic rings. The van der Waals surface area contributed by atoms with Crippen LogP contribution in [0.5, 0.6) is 0 Å². The molecule has 2 aliphatic rings. The molecule has 1 aliphatic heterocycles. The number of likely N-dealkylation sites (tertiary alicyclic amines) is 1. The molecule has 5 rings (SSSR count). The highest BCUT2D eigenvalue weighted by atomic mass is 35.5. The molecule has 0 bridgehead atoms. The lowest BCUT2D eigenvalue weighted by Crippen LogP contribution is -2.34. The summed E-state index contributed by atoms with van der Waals surface area (Å²) in [4.78, 5) is 14.6. The molecule has 180 valence electrons. The van der Waals surface area contributed by atoms with Crippen LogP contribution in [0.3, 0.4) is 0 Å². The first-order valence-corrected chi connectivity index (χ1v) is 13.2. The number of aromatic nitrogens is 2. The number of carbonyl (C=O) groups is 1. The van der Waals surface area contributed by atoms with Crippen LogP contribution in [-0.4, -0.2) is 47.3 Å². The Hall–Kier alpha value is -2.62. The number of sulfonamides is 1. The van der Waals surface area contributed by atoms with Crippen molar-refractivity contribution in [2.45, 2.75) is 62.2 Å². The van der Waals surface area contributed by atoms with E-state index in [0.29, 0.717) is 28.9 Å². The van der Waals surface area contributed by atoms with Crippen LogP contribution < -0.4 is 4.72 Å². The number of nitrogens with one attached hydrogen (secondary N) is 1. The Morgan fingerprint density at radius 2 is 2.00 bits per heavy atom. The molecule has 0 spiro atoms. The fourth-order valence-electron chi connectivity index (χ4n) is 4.43. The lowest BCUT2D eigenvalue weighted by atomic mass is 10.2. The maximum atomic E-state index is 13.0. The second-order valence-corrected chi connectivity index (χ2v) is 11.6. The summed E-state index contributed by atoms with van der Waals surface area (Å²) in [5, 5.41) is 5.51. The average molecular weight is 503 g/mol. The number of amides is 1. The average Bonchev–Trinajstić information content (AvgIpc) is 3.19. The monoisotopic (exact) mass is 502 g/mol. The van der Waals surface area contributed by atoms with Gasteiger partial charge in [0, 0.05) is 23.5 Å². The standard InChI is InChI=1S/C24H27ClN4O4S/c1-16-10-18(14-28(16)23(30)33-15-17-6-4-3-5-7-17)29-22-12-19(11-21(25)20(22)13-26-29)34(31,32)27-24(2)8-9-24/h3-7,11-13,16,18,27H,8-10,14-15H2,1-2H3/t16-,18+/m0/s1. The SMILES string of the molecule is C[C@H]1C[C@@H](n2ncc3c(Cl)cc(S(=O)(=O)NC4(C)CC4)cc32)CN1C(=O)OCc1ccccc1. The summed E-state index contributed by atoms with van der Waals surface area (Å²) in [6.45, 7) is 4.48. The van der Waals surface area contributed by atoms with Crippen LogP contribution in [0, 0.1) is 0 Å². The zero-order valence-electron chi connectivity index (χ0n) is 19.1. The lowest BCUT2D eigenvalue weighted by Gasteiger charge is -2.20. The first-order valence-electron chi connectivity index (χ1n) is 11.3. The maximum absolute atomic E-state index is 13.0. The van der Waals surface area contributed by atoms with E-state index >= 15 is 0 Å². The molecule has 1 N–H and O–H groups in total. The predicted octanol–water partition coefficient (Wildman–Crippen LogP) is 4.49. The molecule has 1 amide bonds. The fourth-order valence-corrected chi connectivity index (χ4v) is 6.27. The van der Waals surface area contributed by atoms with E-state index in [2.05, 4.69) is 9.82 Å². The summed E-state index contributed by atoms with van der Waals surface area (Å²) in [7, 11) is -3.72. The van der Waals surface area contributed by atoms with Crippen molar-refractivity contribution in [3.8, 4) is 0 Å². The van der Waals surface area contributed by atoms with E-state index < -0.39 is 10.0 Å². The summed E-state index contributed by atoms with van der Waals surface area (Å²) >= 11 is 6.45. The fraction of sp³-hybridized carbons (Fsp3) is 0.417. The number of nitrogens with zero attached hydrogens (tertiary/aromatic N) is 3. The van der Waals surface area contributed by atoms with Gasteiger partial charge < -0.3 is 9.64 Å². The second-order valence-electron chi connectivity index (χ2n) is 9.52. The third kappa shape index (κ3) is 4.52. The number of halogens is 1. The van der Waals surface area contributed by atoms with Crippen molar-refractivity contribution in [2.24, 2.45) is 0 Å². The number of rotatable bonds is 6. The molecule has 2 heterocycles. The van der Waals surface area contributed by atoms with Gasteiger partial charge in [-0.1, -0.05) is 41.9 Å². The number of hydrogen-bond acceptors (Lipinski definition) is 5. The van der Waals surface area contributed by atoms with Gasteiger partial charge >= 0.3 is 6.09 Å². The van der Waals surface area contributed by atoms with Crippen molar-refractivity contribution in [3.63, 3.8) is 0 Å². The van der Waals surface area contributed by atoms with Crippen molar-refractivity contribution in [1.29, 1.82) is 0 Å². The van der Waals surface area contributed by atoms with Gasteiger partial charge in [-0.2, -0.15) is 5.10 Å². The number of fused-ring (bicyclic) bond motifs is 1. The van der Waals surface area contributed by atoms with Gasteiger partial charge in [0.1, 0.15) is 6.61 Å². The molecular weight excluding hydrogens is 476 g/mol. The van der Waals surface area contributed by atoms with Crippen LogP contribution in [0.2, 0.25) is 5.02 Å². The highest BCUT2D eigenvalue weighted by Gasteiger charge is 2.41. The third-order valence-electron chi connectivity index (χ3n) is 6.67. The van der Waals surface area contributed by atoms with E-state index in [-0.39, 0.29) is 35.2 Å². The highest BCUT2D eigenvalue weighted by molar-refractivity contribution is 7.89. The van der Waals surface area contributed by atoms with E-state index in [1.54, 1.807) is 21.8 Å². The molecule has 0 radical (unpaired) electrons. The minimum atomic E-state index is -3.72. The van der Waals surface area contributed by atoms with Gasteiger partial charge in [0.15, 0.2) is 0 Å². The summed E-state index contributed by atoms with van der Waals surface area (Å²) in [6, 6.07) is 12.4. The van der Waals surface area contributed by atoms with Crippen molar-refractivity contribution in [2.75, 3.05) is 6.54 Å². The number of ether oxygens (including phenoxy) is 1. The van der Waals surface area contributed by atoms with Crippen LogP contribution in [0.15, 0.2) is 53.6 Å². The molecule has 1 saturated carbocycles.